The van der Waals surface area contributed by atoms with Gasteiger partial charge in [0.1, 0.15) is 16.2 Å². The van der Waals surface area contributed by atoms with Crippen LogP contribution >= 0.6 is 11.3 Å². The van der Waals surface area contributed by atoms with Crippen LogP contribution in [-0.4, -0.2) is 64.0 Å². The zero-order valence-corrected chi connectivity index (χ0v) is 16.1. The summed E-state index contributed by atoms with van der Waals surface area (Å²) in [4.78, 5) is 28.5. The van der Waals surface area contributed by atoms with Crippen molar-refractivity contribution in [3.8, 4) is 0 Å². The van der Waals surface area contributed by atoms with E-state index in [0.29, 0.717) is 22.9 Å². The molecule has 3 heterocycles. The molecule has 1 N–H and O–H groups in total. The maximum Gasteiger partial charge on any atom is 0.188 e. The summed E-state index contributed by atoms with van der Waals surface area (Å²) in [5.41, 5.74) is 0.723. The molecule has 0 unspecified atom stereocenters. The van der Waals surface area contributed by atoms with Crippen molar-refractivity contribution in [2.75, 3.05) is 31.6 Å². The Kier molecular flexibility index (Phi) is 5.15. The van der Waals surface area contributed by atoms with Crippen molar-refractivity contribution in [1.29, 1.82) is 0 Å². The fraction of sp³-hybridized carbons (Fsp3) is 0.667. The normalized spacial score (nSPS) is 24.7. The van der Waals surface area contributed by atoms with Crippen LogP contribution in [0.4, 0.5) is 5.82 Å². The van der Waals surface area contributed by atoms with Crippen LogP contribution in [0, 0.1) is 6.92 Å². The minimum absolute atomic E-state index is 0.0253. The number of aryl methyl sites for hydroxylation is 1. The van der Waals surface area contributed by atoms with Crippen LogP contribution in [0.5, 0.6) is 0 Å². The number of ketones is 1. The predicted molar refractivity (Wildman–Crippen MR) is 102 cm³/mol. The van der Waals surface area contributed by atoms with Crippen LogP contribution in [0.3, 0.4) is 0 Å². The smallest absolute Gasteiger partial charge is 0.188 e. The van der Waals surface area contributed by atoms with Crippen LogP contribution < -0.4 is 5.32 Å². The Morgan fingerprint density at radius 2 is 1.88 bits per heavy atom. The van der Waals surface area contributed by atoms with Crippen LogP contribution in [0.2, 0.25) is 0 Å². The summed E-state index contributed by atoms with van der Waals surface area (Å²) in [6, 6.07) is 1.07. The Morgan fingerprint density at radius 1 is 1.15 bits per heavy atom. The maximum atomic E-state index is 11.7. The van der Waals surface area contributed by atoms with E-state index in [9.17, 15) is 4.79 Å². The molecule has 0 radical (unpaired) electrons. The number of hydrogen-bond donors (Lipinski definition) is 1. The highest BCUT2D eigenvalue weighted by Gasteiger charge is 2.27. The van der Waals surface area contributed by atoms with E-state index in [0.717, 1.165) is 55.3 Å². The molecule has 0 bridgehead atoms. The van der Waals surface area contributed by atoms with Gasteiger partial charge >= 0.3 is 0 Å². The molecule has 1 aliphatic heterocycles. The number of rotatable bonds is 4. The van der Waals surface area contributed by atoms with Crippen molar-refractivity contribution >= 4 is 33.3 Å². The Bertz CT molecular complexity index is 794. The number of morpholine rings is 1. The SMILES string of the molecule is CC(=O)c1nc2c(N[C@H]3CC[C@H](N4CCOCC4)CC3)nc(C)nc2s1. The molecular weight excluding hydrogens is 350 g/mol. The van der Waals surface area contributed by atoms with E-state index in [4.69, 9.17) is 4.74 Å². The number of carbonyl (C=O) groups is 1. The second-order valence-corrected chi connectivity index (χ2v) is 8.12. The summed E-state index contributed by atoms with van der Waals surface area (Å²) in [5.74, 6) is 1.45. The summed E-state index contributed by atoms with van der Waals surface area (Å²) in [6.07, 6.45) is 4.63. The molecule has 1 saturated heterocycles. The lowest BCUT2D eigenvalue weighted by Crippen LogP contribution is -2.46. The van der Waals surface area contributed by atoms with Gasteiger partial charge in [0.2, 0.25) is 0 Å². The van der Waals surface area contributed by atoms with E-state index >= 15 is 0 Å². The fourth-order valence-corrected chi connectivity index (χ4v) is 4.78. The number of thiazole rings is 1. The molecule has 1 aliphatic carbocycles. The van der Waals surface area contributed by atoms with Gasteiger partial charge in [-0.3, -0.25) is 9.69 Å². The van der Waals surface area contributed by atoms with Gasteiger partial charge in [0.25, 0.3) is 0 Å². The monoisotopic (exact) mass is 375 g/mol. The molecule has 140 valence electrons. The predicted octanol–water partition coefficient (Wildman–Crippen LogP) is 2.65. The first-order valence-corrected chi connectivity index (χ1v) is 10.2. The number of ether oxygens (including phenoxy) is 1. The van der Waals surface area contributed by atoms with Gasteiger partial charge in [-0.15, -0.1) is 0 Å². The van der Waals surface area contributed by atoms with Crippen molar-refractivity contribution in [2.45, 2.75) is 51.6 Å². The molecule has 0 atom stereocenters. The molecule has 0 aromatic carbocycles. The molecule has 2 aromatic rings. The van der Waals surface area contributed by atoms with Gasteiger partial charge < -0.3 is 10.1 Å². The van der Waals surface area contributed by atoms with Gasteiger partial charge in [-0.1, -0.05) is 11.3 Å². The van der Waals surface area contributed by atoms with Gasteiger partial charge in [0.05, 0.1) is 13.2 Å². The van der Waals surface area contributed by atoms with Gasteiger partial charge in [0, 0.05) is 32.1 Å². The molecule has 4 rings (SSSR count). The Labute approximate surface area is 157 Å². The molecule has 8 heteroatoms. The number of anilines is 1. The lowest BCUT2D eigenvalue weighted by Gasteiger charge is -2.39. The first kappa shape index (κ1) is 17.8. The number of nitrogens with zero attached hydrogens (tertiary/aromatic N) is 4. The largest absolute Gasteiger partial charge is 0.379 e. The van der Waals surface area contributed by atoms with E-state index in [1.165, 1.54) is 31.1 Å². The van der Waals surface area contributed by atoms with Gasteiger partial charge in [-0.05, 0) is 32.6 Å². The van der Waals surface area contributed by atoms with Crippen LogP contribution in [0.1, 0.15) is 48.2 Å². The summed E-state index contributed by atoms with van der Waals surface area (Å²) in [6.45, 7) is 7.25. The highest BCUT2D eigenvalue weighted by molar-refractivity contribution is 7.20. The van der Waals surface area contributed by atoms with Crippen molar-refractivity contribution in [2.24, 2.45) is 0 Å². The molecule has 7 nitrogen and oxygen atoms in total. The average molecular weight is 375 g/mol. The quantitative estimate of drug-likeness (QED) is 0.823. The average Bonchev–Trinajstić information content (AvgIpc) is 3.08. The Balaban J connectivity index is 1.45. The van der Waals surface area contributed by atoms with Crippen LogP contribution in [0.25, 0.3) is 10.3 Å². The zero-order chi connectivity index (χ0) is 18.1. The molecule has 0 spiro atoms. The lowest BCUT2D eigenvalue weighted by atomic mass is 9.90. The van der Waals surface area contributed by atoms with Crippen molar-refractivity contribution in [3.63, 3.8) is 0 Å². The molecule has 26 heavy (non-hydrogen) atoms. The van der Waals surface area contributed by atoms with E-state index in [-0.39, 0.29) is 5.78 Å². The highest BCUT2D eigenvalue weighted by Crippen LogP contribution is 2.30. The third kappa shape index (κ3) is 3.72. The minimum atomic E-state index is -0.0253. The topological polar surface area (TPSA) is 80.2 Å². The second kappa shape index (κ2) is 7.54. The van der Waals surface area contributed by atoms with E-state index in [1.807, 2.05) is 6.92 Å². The molecular formula is C18H25N5O2S. The number of hydrogen-bond acceptors (Lipinski definition) is 8. The number of carbonyl (C=O) groups excluding carboxylic acids is 1. The highest BCUT2D eigenvalue weighted by atomic mass is 32.1. The minimum Gasteiger partial charge on any atom is -0.379 e. The maximum absolute atomic E-state index is 11.7. The van der Waals surface area contributed by atoms with E-state index in [2.05, 4.69) is 25.2 Å². The van der Waals surface area contributed by atoms with Crippen molar-refractivity contribution in [3.05, 3.63) is 10.8 Å². The second-order valence-electron chi connectivity index (χ2n) is 7.15. The molecule has 2 aliphatic rings. The standard InChI is InChI=1S/C18H25N5O2S/c1-11(24)17-22-15-16(19-12(2)20-18(15)26-17)21-13-3-5-14(6-4-13)23-7-9-25-10-8-23/h13-14H,3-10H2,1-2H3,(H,19,20,21)/t13-,14-. The third-order valence-corrected chi connectivity index (χ3v) is 6.32. The van der Waals surface area contributed by atoms with Gasteiger partial charge in [-0.2, -0.15) is 0 Å². The Morgan fingerprint density at radius 3 is 2.58 bits per heavy atom. The first-order valence-electron chi connectivity index (χ1n) is 9.34. The number of aromatic nitrogens is 3. The third-order valence-electron chi connectivity index (χ3n) is 5.27. The van der Waals surface area contributed by atoms with Gasteiger partial charge in [0.15, 0.2) is 16.6 Å². The molecule has 0 amide bonds. The Hall–Kier alpha value is -1.64. The number of Topliss-reactive ketones (excluding diaryl/α,β-unsaturated/α-hetero) is 1. The summed E-state index contributed by atoms with van der Waals surface area (Å²) in [5, 5.41) is 4.08. The summed E-state index contributed by atoms with van der Waals surface area (Å²) >= 11 is 1.34. The number of fused-ring (bicyclic) bond motifs is 1. The zero-order valence-electron chi connectivity index (χ0n) is 15.3. The summed E-state index contributed by atoms with van der Waals surface area (Å²) in [7, 11) is 0. The molecule has 2 fully saturated rings. The van der Waals surface area contributed by atoms with E-state index < -0.39 is 0 Å². The van der Waals surface area contributed by atoms with Crippen LogP contribution in [0.15, 0.2) is 0 Å². The summed E-state index contributed by atoms with van der Waals surface area (Å²) < 4.78 is 5.46. The van der Waals surface area contributed by atoms with E-state index in [1.54, 1.807) is 0 Å². The molecule has 2 aromatic heterocycles. The van der Waals surface area contributed by atoms with Crippen molar-refractivity contribution in [1.82, 2.24) is 19.9 Å². The fourth-order valence-electron chi connectivity index (χ4n) is 3.90. The van der Waals surface area contributed by atoms with Crippen LogP contribution in [-0.2, 0) is 4.74 Å². The lowest BCUT2D eigenvalue weighted by molar-refractivity contribution is 0.00791. The molecule has 1 saturated carbocycles. The first-order chi connectivity index (χ1) is 12.6. The van der Waals surface area contributed by atoms with Crippen molar-refractivity contribution < 1.29 is 9.53 Å². The van der Waals surface area contributed by atoms with Gasteiger partial charge in [-0.25, -0.2) is 15.0 Å². The number of nitrogens with one attached hydrogen (secondary N) is 1.